The summed E-state index contributed by atoms with van der Waals surface area (Å²) in [4.78, 5) is 12.0. The van der Waals surface area contributed by atoms with Crippen LogP contribution >= 0.6 is 31.9 Å². The lowest BCUT2D eigenvalue weighted by molar-refractivity contribution is 0.200. The van der Waals surface area contributed by atoms with Crippen LogP contribution in [0.2, 0.25) is 0 Å². The fourth-order valence-electron chi connectivity index (χ4n) is 2.12. The van der Waals surface area contributed by atoms with Gasteiger partial charge in [-0.1, -0.05) is 18.2 Å². The summed E-state index contributed by atoms with van der Waals surface area (Å²) < 4.78 is 8.37. The van der Waals surface area contributed by atoms with Gasteiger partial charge in [-0.2, -0.15) is 5.10 Å². The van der Waals surface area contributed by atoms with E-state index in [0.29, 0.717) is 15.5 Å². The van der Waals surface area contributed by atoms with E-state index in [1.165, 1.54) is 10.2 Å². The van der Waals surface area contributed by atoms with Crippen LogP contribution in [-0.4, -0.2) is 15.9 Å². The van der Waals surface area contributed by atoms with E-state index in [9.17, 15) is 4.79 Å². The summed E-state index contributed by atoms with van der Waals surface area (Å²) in [6, 6.07) is 7.93. The Balaban J connectivity index is 1.82. The van der Waals surface area contributed by atoms with Crippen LogP contribution in [0.5, 0.6) is 5.75 Å². The second-order valence-electron chi connectivity index (χ2n) is 4.35. The fraction of sp³-hybridized carbons (Fsp3) is 0.231. The Morgan fingerprint density at radius 1 is 1.37 bits per heavy atom. The number of fused-ring (bicyclic) bond motifs is 1. The Morgan fingerprint density at radius 2 is 2.16 bits per heavy atom. The molecule has 1 unspecified atom stereocenters. The number of hydrogen-bond donors (Lipinski definition) is 0. The third kappa shape index (κ3) is 2.47. The number of nitrogens with zero attached hydrogens (tertiary/aromatic N) is 2. The Labute approximate surface area is 126 Å². The second kappa shape index (κ2) is 5.09. The van der Waals surface area contributed by atoms with Crippen molar-refractivity contribution in [2.45, 2.75) is 19.1 Å². The topological polar surface area (TPSA) is 44.1 Å². The molecule has 1 atom stereocenters. The number of rotatable bonds is 2. The van der Waals surface area contributed by atoms with Gasteiger partial charge in [-0.05, 0) is 43.5 Å². The molecular formula is C13H10Br2N2O2. The summed E-state index contributed by atoms with van der Waals surface area (Å²) in [5, 5.41) is 4.11. The number of ether oxygens (including phenoxy) is 1. The average Bonchev–Trinajstić information content (AvgIpc) is 2.82. The van der Waals surface area contributed by atoms with Gasteiger partial charge in [0.15, 0.2) is 0 Å². The molecule has 0 radical (unpaired) electrons. The molecule has 98 valence electrons. The summed E-state index contributed by atoms with van der Waals surface area (Å²) in [7, 11) is 0. The van der Waals surface area contributed by atoms with Gasteiger partial charge in [-0.15, -0.1) is 0 Å². The molecule has 3 rings (SSSR count). The predicted octanol–water partition coefficient (Wildman–Crippen LogP) is 2.77. The molecule has 0 bridgehead atoms. The normalized spacial score (nSPS) is 17.1. The molecule has 2 heterocycles. The minimum atomic E-state index is -0.158. The van der Waals surface area contributed by atoms with E-state index in [4.69, 9.17) is 4.74 Å². The molecule has 1 aromatic carbocycles. The van der Waals surface area contributed by atoms with Crippen molar-refractivity contribution in [3.63, 3.8) is 0 Å². The third-order valence-corrected chi connectivity index (χ3v) is 4.93. The predicted molar refractivity (Wildman–Crippen MR) is 78.5 cm³/mol. The lowest BCUT2D eigenvalue weighted by Crippen LogP contribution is -2.31. The van der Waals surface area contributed by atoms with E-state index < -0.39 is 0 Å². The summed E-state index contributed by atoms with van der Waals surface area (Å²) >= 11 is 6.51. The highest BCUT2D eigenvalue weighted by molar-refractivity contribution is 9.13. The van der Waals surface area contributed by atoms with Crippen LogP contribution in [0.25, 0.3) is 0 Å². The zero-order chi connectivity index (χ0) is 13.4. The maximum absolute atomic E-state index is 12.0. The summed E-state index contributed by atoms with van der Waals surface area (Å²) in [6.07, 6.45) is 2.36. The van der Waals surface area contributed by atoms with E-state index in [2.05, 4.69) is 37.0 Å². The Kier molecular flexibility index (Phi) is 3.45. The number of para-hydroxylation sites is 1. The number of hydrogen-bond acceptors (Lipinski definition) is 3. The number of halogens is 2. The van der Waals surface area contributed by atoms with Crippen molar-refractivity contribution in [3.05, 3.63) is 55.3 Å². The SMILES string of the molecule is O=c1c(Br)c(Br)cnn1CC1Cc2ccccc2O1. The van der Waals surface area contributed by atoms with Gasteiger partial charge in [0.05, 0.1) is 17.2 Å². The first-order chi connectivity index (χ1) is 9.15. The van der Waals surface area contributed by atoms with E-state index in [1.807, 2.05) is 24.3 Å². The molecular weight excluding hydrogens is 376 g/mol. The first kappa shape index (κ1) is 12.9. The van der Waals surface area contributed by atoms with Crippen molar-refractivity contribution >= 4 is 31.9 Å². The zero-order valence-corrected chi connectivity index (χ0v) is 13.0. The van der Waals surface area contributed by atoms with Crippen molar-refractivity contribution in [3.8, 4) is 5.75 Å². The molecule has 0 aliphatic carbocycles. The molecule has 0 fully saturated rings. The number of benzene rings is 1. The number of aromatic nitrogens is 2. The van der Waals surface area contributed by atoms with Crippen LogP contribution < -0.4 is 10.3 Å². The Morgan fingerprint density at radius 3 is 2.95 bits per heavy atom. The van der Waals surface area contributed by atoms with Crippen molar-refractivity contribution in [2.75, 3.05) is 0 Å². The highest BCUT2D eigenvalue weighted by Gasteiger charge is 2.23. The van der Waals surface area contributed by atoms with E-state index in [-0.39, 0.29) is 11.7 Å². The molecule has 1 aromatic heterocycles. The third-order valence-electron chi connectivity index (χ3n) is 3.03. The van der Waals surface area contributed by atoms with Gasteiger partial charge in [0.25, 0.3) is 5.56 Å². The second-order valence-corrected chi connectivity index (χ2v) is 5.99. The summed E-state index contributed by atoms with van der Waals surface area (Å²) in [5.74, 6) is 0.900. The standard InChI is InChI=1S/C13H10Br2N2O2/c14-10-6-16-17(13(18)12(10)15)7-9-5-8-3-1-2-4-11(8)19-9/h1-4,6,9H,5,7H2. The van der Waals surface area contributed by atoms with Gasteiger partial charge in [0.2, 0.25) is 0 Å². The van der Waals surface area contributed by atoms with Crippen molar-refractivity contribution in [2.24, 2.45) is 0 Å². The fourth-order valence-corrected chi connectivity index (χ4v) is 2.69. The smallest absolute Gasteiger partial charge is 0.282 e. The quantitative estimate of drug-likeness (QED) is 0.798. The van der Waals surface area contributed by atoms with Crippen LogP contribution in [0.15, 0.2) is 44.2 Å². The molecule has 19 heavy (non-hydrogen) atoms. The first-order valence-electron chi connectivity index (χ1n) is 5.81. The minimum Gasteiger partial charge on any atom is -0.488 e. The molecule has 0 saturated carbocycles. The van der Waals surface area contributed by atoms with Crippen molar-refractivity contribution in [1.82, 2.24) is 9.78 Å². The maximum Gasteiger partial charge on any atom is 0.282 e. The van der Waals surface area contributed by atoms with Crippen molar-refractivity contribution in [1.29, 1.82) is 0 Å². The molecule has 1 aliphatic heterocycles. The maximum atomic E-state index is 12.0. The van der Waals surface area contributed by atoms with E-state index >= 15 is 0 Å². The van der Waals surface area contributed by atoms with Crippen LogP contribution in [0.4, 0.5) is 0 Å². The van der Waals surface area contributed by atoms with Crippen molar-refractivity contribution < 1.29 is 4.74 Å². The minimum absolute atomic E-state index is 0.0457. The monoisotopic (exact) mass is 384 g/mol. The van der Waals surface area contributed by atoms with Crippen LogP contribution in [0.1, 0.15) is 5.56 Å². The summed E-state index contributed by atoms with van der Waals surface area (Å²) in [6.45, 7) is 0.444. The largest absolute Gasteiger partial charge is 0.488 e. The lowest BCUT2D eigenvalue weighted by Gasteiger charge is -2.12. The molecule has 0 N–H and O–H groups in total. The zero-order valence-electron chi connectivity index (χ0n) is 9.85. The van der Waals surface area contributed by atoms with Crippen LogP contribution in [0.3, 0.4) is 0 Å². The van der Waals surface area contributed by atoms with Gasteiger partial charge in [-0.25, -0.2) is 4.68 Å². The summed E-state index contributed by atoms with van der Waals surface area (Å²) in [5.41, 5.74) is 1.02. The molecule has 0 saturated heterocycles. The van der Waals surface area contributed by atoms with Crippen LogP contribution in [-0.2, 0) is 13.0 Å². The molecule has 4 nitrogen and oxygen atoms in total. The first-order valence-corrected chi connectivity index (χ1v) is 7.39. The van der Waals surface area contributed by atoms with Gasteiger partial charge < -0.3 is 4.74 Å². The Hall–Kier alpha value is -1.14. The molecule has 2 aromatic rings. The lowest BCUT2D eigenvalue weighted by atomic mass is 10.1. The van der Waals surface area contributed by atoms with Gasteiger partial charge in [0.1, 0.15) is 16.3 Å². The van der Waals surface area contributed by atoms with E-state index in [0.717, 1.165) is 12.2 Å². The molecule has 1 aliphatic rings. The van der Waals surface area contributed by atoms with Gasteiger partial charge in [0, 0.05) is 6.42 Å². The highest BCUT2D eigenvalue weighted by atomic mass is 79.9. The van der Waals surface area contributed by atoms with Gasteiger partial charge in [-0.3, -0.25) is 4.79 Å². The molecule has 0 amide bonds. The average molecular weight is 386 g/mol. The molecule has 0 spiro atoms. The van der Waals surface area contributed by atoms with Crippen LogP contribution in [0, 0.1) is 0 Å². The Bertz CT molecular complexity index is 660. The van der Waals surface area contributed by atoms with Gasteiger partial charge >= 0.3 is 0 Å². The van der Waals surface area contributed by atoms with E-state index in [1.54, 1.807) is 6.20 Å². The molecule has 6 heteroatoms. The highest BCUT2D eigenvalue weighted by Crippen LogP contribution is 2.28.